The Labute approximate surface area is 176 Å². The van der Waals surface area contributed by atoms with Crippen LogP contribution >= 0.6 is 23.5 Å². The Morgan fingerprint density at radius 2 is 1.72 bits per heavy atom. The maximum absolute atomic E-state index is 12.0. The van der Waals surface area contributed by atoms with Gasteiger partial charge in [0.15, 0.2) is 0 Å². The van der Waals surface area contributed by atoms with Gasteiger partial charge in [0.2, 0.25) is 0 Å². The lowest BCUT2D eigenvalue weighted by Gasteiger charge is -2.19. The summed E-state index contributed by atoms with van der Waals surface area (Å²) in [6.45, 7) is -1.56. The molecule has 2 rings (SSSR count). The number of nitrogens with one attached hydrogen (secondary N) is 1. The van der Waals surface area contributed by atoms with Gasteiger partial charge in [-0.1, -0.05) is 0 Å². The van der Waals surface area contributed by atoms with Crippen LogP contribution in [0.15, 0.2) is 15.8 Å². The highest BCUT2D eigenvalue weighted by molar-refractivity contribution is 7.66. The second-order valence-electron chi connectivity index (χ2n) is 6.09. The Balaban J connectivity index is 2.14. The van der Waals surface area contributed by atoms with Crippen LogP contribution in [0.2, 0.25) is 0 Å². The van der Waals surface area contributed by atoms with Crippen molar-refractivity contribution < 1.29 is 61.4 Å². The smallest absolute Gasteiger partial charge is 0.387 e. The fourth-order valence-electron chi connectivity index (χ4n) is 2.54. The molecule has 0 spiro atoms. The largest absolute Gasteiger partial charge is 0.490 e. The molecule has 1 aromatic heterocycles. The minimum Gasteiger partial charge on any atom is -0.387 e. The number of phosphoric acid groups is 3. The first-order valence-electron chi connectivity index (χ1n) is 8.06. The molecule has 0 saturated carbocycles. The normalized spacial score (nSPS) is 27.4. The monoisotopic (exact) mass is 523 g/mol. The lowest BCUT2D eigenvalue weighted by atomic mass is 10.0. The number of H-pyrrole nitrogens is 1. The van der Waals surface area contributed by atoms with E-state index in [1.807, 2.05) is 4.98 Å². The van der Waals surface area contributed by atoms with Crippen molar-refractivity contribution in [2.24, 2.45) is 0 Å². The summed E-state index contributed by atoms with van der Waals surface area (Å²) in [7, 11) is -16.9. The third-order valence-corrected chi connectivity index (χ3v) is 7.57. The number of rotatable bonds is 9. The molecule has 1 aliphatic rings. The first kappa shape index (κ1) is 26.7. The van der Waals surface area contributed by atoms with Crippen LogP contribution < -0.4 is 11.2 Å². The van der Waals surface area contributed by atoms with Gasteiger partial charge in [-0.2, -0.15) is 13.9 Å². The lowest BCUT2D eigenvalue weighted by Crippen LogP contribution is -2.36. The predicted octanol–water partition coefficient (Wildman–Crippen LogP) is -2.43. The van der Waals surface area contributed by atoms with Gasteiger partial charge >= 0.3 is 29.2 Å². The Hall–Kier alpha value is -1.54. The number of nitriles is 1. The molecule has 1 aromatic rings. The van der Waals surface area contributed by atoms with Gasteiger partial charge in [0.25, 0.3) is 5.56 Å². The molecule has 4 unspecified atom stereocenters. The van der Waals surface area contributed by atoms with E-state index in [4.69, 9.17) is 24.7 Å². The van der Waals surface area contributed by atoms with E-state index in [0.717, 1.165) is 10.8 Å². The standard InChI is InChI=1S/C11H16N3O15P3/c12-1-2-14-3-5(10(17)13-11(14)18)9-8(16)7(15)6(27-9)4-26-31(22,23)29-32(24,25)28-30(19,20)21/h3,6-9,15-16H,2,4H2,(H,22,23)(H,24,25)(H,13,17,18)(H2,19,20,21)/t6-,7?,8?,9+/m1/s1. The summed E-state index contributed by atoms with van der Waals surface area (Å²) in [4.78, 5) is 61.0. The number of nitrogens with zero attached hydrogens (tertiary/aromatic N) is 2. The van der Waals surface area contributed by atoms with Crippen molar-refractivity contribution in [3.05, 3.63) is 32.6 Å². The van der Waals surface area contributed by atoms with Gasteiger partial charge in [-0.3, -0.25) is 18.9 Å². The Bertz CT molecular complexity index is 1150. The van der Waals surface area contributed by atoms with E-state index < -0.39 is 72.3 Å². The average Bonchev–Trinajstić information content (AvgIpc) is 2.87. The van der Waals surface area contributed by atoms with Crippen molar-refractivity contribution >= 4 is 23.5 Å². The highest BCUT2D eigenvalue weighted by Gasteiger charge is 2.47. The summed E-state index contributed by atoms with van der Waals surface area (Å²) >= 11 is 0. The van der Waals surface area contributed by atoms with E-state index in [1.165, 1.54) is 0 Å². The summed E-state index contributed by atoms with van der Waals surface area (Å²) in [6.07, 6.45) is -5.98. The maximum Gasteiger partial charge on any atom is 0.490 e. The SMILES string of the molecule is N#CCn1cc([C@@H]2O[C@H](COP(=O)(O)OP(=O)(O)OP(=O)(O)O)C(O)C2O)c(=O)[nH]c1=O. The summed E-state index contributed by atoms with van der Waals surface area (Å²) in [6, 6.07) is 1.65. The number of hydrogen-bond donors (Lipinski definition) is 7. The number of aromatic nitrogens is 2. The molecule has 1 aliphatic heterocycles. The predicted molar refractivity (Wildman–Crippen MR) is 96.4 cm³/mol. The Morgan fingerprint density at radius 1 is 1.09 bits per heavy atom. The van der Waals surface area contributed by atoms with Crippen molar-refractivity contribution in [3.8, 4) is 6.07 Å². The number of aromatic amines is 1. The maximum atomic E-state index is 12.0. The first-order valence-corrected chi connectivity index (χ1v) is 12.6. The molecule has 180 valence electrons. The van der Waals surface area contributed by atoms with E-state index in [9.17, 15) is 38.4 Å². The zero-order chi connectivity index (χ0) is 24.5. The van der Waals surface area contributed by atoms with E-state index in [-0.39, 0.29) is 5.56 Å². The van der Waals surface area contributed by atoms with E-state index >= 15 is 0 Å². The average molecular weight is 523 g/mol. The second kappa shape index (κ2) is 9.75. The van der Waals surface area contributed by atoms with Crippen LogP contribution in [-0.2, 0) is 38.1 Å². The molecular formula is C11H16N3O15P3. The zero-order valence-electron chi connectivity index (χ0n) is 15.4. The number of aliphatic hydroxyl groups is 2. The first-order chi connectivity index (χ1) is 14.6. The van der Waals surface area contributed by atoms with Crippen LogP contribution in [0.5, 0.6) is 0 Å². The molecule has 1 fully saturated rings. The van der Waals surface area contributed by atoms with Gasteiger partial charge in [-0.15, -0.1) is 0 Å². The molecule has 0 aliphatic carbocycles. The fourth-order valence-corrected chi connectivity index (χ4v) is 5.57. The molecule has 32 heavy (non-hydrogen) atoms. The van der Waals surface area contributed by atoms with Crippen LogP contribution in [0.4, 0.5) is 0 Å². The molecule has 21 heteroatoms. The van der Waals surface area contributed by atoms with Gasteiger partial charge in [0.1, 0.15) is 31.0 Å². The Kier molecular flexibility index (Phi) is 8.14. The molecule has 1 saturated heterocycles. The minimum atomic E-state index is -5.77. The fraction of sp³-hybridized carbons (Fsp3) is 0.545. The van der Waals surface area contributed by atoms with Crippen molar-refractivity contribution in [2.75, 3.05) is 6.61 Å². The van der Waals surface area contributed by atoms with E-state index in [0.29, 0.717) is 0 Å². The van der Waals surface area contributed by atoms with Crippen LogP contribution in [0.3, 0.4) is 0 Å². The van der Waals surface area contributed by atoms with Gasteiger partial charge in [0, 0.05) is 6.20 Å². The lowest BCUT2D eigenvalue weighted by molar-refractivity contribution is -0.0228. The quantitative estimate of drug-likeness (QED) is 0.165. The molecule has 7 N–H and O–H groups in total. The highest BCUT2D eigenvalue weighted by Crippen LogP contribution is 2.66. The summed E-state index contributed by atoms with van der Waals surface area (Å²) in [5, 5.41) is 28.9. The van der Waals surface area contributed by atoms with Crippen molar-refractivity contribution in [2.45, 2.75) is 31.0 Å². The van der Waals surface area contributed by atoms with Gasteiger partial charge in [0.05, 0.1) is 18.2 Å². The molecule has 0 aromatic carbocycles. The van der Waals surface area contributed by atoms with Crippen molar-refractivity contribution in [1.29, 1.82) is 5.26 Å². The zero-order valence-corrected chi connectivity index (χ0v) is 18.1. The highest BCUT2D eigenvalue weighted by atomic mass is 31.3. The molecule has 0 radical (unpaired) electrons. The number of ether oxygens (including phenoxy) is 1. The summed E-state index contributed by atoms with van der Waals surface area (Å²) in [5.41, 5.74) is -2.33. The third kappa shape index (κ3) is 6.98. The van der Waals surface area contributed by atoms with Crippen molar-refractivity contribution in [1.82, 2.24) is 9.55 Å². The topological polar surface area (TPSA) is 288 Å². The minimum absolute atomic E-state index is 0.382. The van der Waals surface area contributed by atoms with Crippen molar-refractivity contribution in [3.63, 3.8) is 0 Å². The molecule has 6 atom stereocenters. The third-order valence-electron chi connectivity index (χ3n) is 3.77. The van der Waals surface area contributed by atoms with Crippen LogP contribution in [0.25, 0.3) is 0 Å². The van der Waals surface area contributed by atoms with E-state index in [1.54, 1.807) is 6.07 Å². The number of hydrogen-bond acceptors (Lipinski definition) is 12. The number of phosphoric ester groups is 1. The molecule has 2 heterocycles. The van der Waals surface area contributed by atoms with Gasteiger partial charge in [-0.05, 0) is 0 Å². The molecule has 0 amide bonds. The van der Waals surface area contributed by atoms with E-state index in [2.05, 4.69) is 13.1 Å². The van der Waals surface area contributed by atoms with Crippen LogP contribution in [0, 0.1) is 11.3 Å². The van der Waals surface area contributed by atoms with Gasteiger partial charge in [-0.25, -0.2) is 18.5 Å². The summed E-state index contributed by atoms with van der Waals surface area (Å²) in [5.74, 6) is 0. The molecular weight excluding hydrogens is 507 g/mol. The molecule has 18 nitrogen and oxygen atoms in total. The van der Waals surface area contributed by atoms with Gasteiger partial charge < -0.3 is 34.5 Å². The Morgan fingerprint density at radius 3 is 2.28 bits per heavy atom. The van der Waals surface area contributed by atoms with Crippen LogP contribution in [0.1, 0.15) is 11.7 Å². The molecule has 0 bridgehead atoms. The number of aliphatic hydroxyl groups excluding tert-OH is 2. The van der Waals surface area contributed by atoms with Crippen LogP contribution in [-0.4, -0.2) is 64.3 Å². The summed E-state index contributed by atoms with van der Waals surface area (Å²) < 4.78 is 51.0. The second-order valence-corrected chi connectivity index (χ2v) is 10.5.